The van der Waals surface area contributed by atoms with E-state index in [9.17, 15) is 9.59 Å². The third-order valence-electron chi connectivity index (χ3n) is 2.78. The number of aryl methyl sites for hydroxylation is 1. The third kappa shape index (κ3) is 3.24. The normalized spacial score (nSPS) is 10.3. The van der Waals surface area contributed by atoms with Crippen LogP contribution < -0.4 is 14.9 Å². The van der Waals surface area contributed by atoms with E-state index in [1.807, 2.05) is 6.92 Å². The molecule has 1 N–H and O–H groups in total. The quantitative estimate of drug-likeness (QED) is 0.909. The smallest absolute Gasteiger partial charge is 0.307 e. The Hall–Kier alpha value is -2.15. The maximum absolute atomic E-state index is 11.9. The fourth-order valence-electron chi connectivity index (χ4n) is 1.75. The predicted octanol–water partition coefficient (Wildman–Crippen LogP) is 1.65. The van der Waals surface area contributed by atoms with Gasteiger partial charge in [0.15, 0.2) is 0 Å². The van der Waals surface area contributed by atoms with Crippen LogP contribution in [0.4, 0.5) is 5.69 Å². The van der Waals surface area contributed by atoms with Gasteiger partial charge in [-0.05, 0) is 19.1 Å². The first kappa shape index (κ1) is 14.3. The summed E-state index contributed by atoms with van der Waals surface area (Å²) in [6, 6.07) is 3.43. The number of anilines is 1. The van der Waals surface area contributed by atoms with Crippen molar-refractivity contribution >= 4 is 22.9 Å². The number of aromatic nitrogens is 2. The van der Waals surface area contributed by atoms with E-state index in [-0.39, 0.29) is 17.2 Å². The summed E-state index contributed by atoms with van der Waals surface area (Å²) in [5.41, 5.74) is 1.39. The van der Waals surface area contributed by atoms with Crippen molar-refractivity contribution in [3.05, 3.63) is 39.1 Å². The van der Waals surface area contributed by atoms with Crippen LogP contribution in [0.5, 0.6) is 5.88 Å². The molecule has 1 amide bonds. The molecule has 2 rings (SSSR count). The number of thiazole rings is 1. The minimum atomic E-state index is -0.186. The Kier molecular flexibility index (Phi) is 4.52. The zero-order valence-electron chi connectivity index (χ0n) is 11.3. The number of nitrogens with one attached hydrogen (secondary N) is 1. The van der Waals surface area contributed by atoms with Crippen LogP contribution in [-0.2, 0) is 11.3 Å². The molecule has 0 spiro atoms. The summed E-state index contributed by atoms with van der Waals surface area (Å²) < 4.78 is 6.64. The molecule has 0 radical (unpaired) electrons. The van der Waals surface area contributed by atoms with Crippen molar-refractivity contribution in [2.24, 2.45) is 0 Å². The Morgan fingerprint density at radius 2 is 2.35 bits per heavy atom. The molecule has 20 heavy (non-hydrogen) atoms. The minimum absolute atomic E-state index is 0.0470. The van der Waals surface area contributed by atoms with Gasteiger partial charge < -0.3 is 14.6 Å². The predicted molar refractivity (Wildman–Crippen MR) is 77.4 cm³/mol. The number of rotatable bonds is 5. The van der Waals surface area contributed by atoms with E-state index in [2.05, 4.69) is 10.3 Å². The van der Waals surface area contributed by atoms with Gasteiger partial charge in [0, 0.05) is 30.2 Å². The van der Waals surface area contributed by atoms with Crippen LogP contribution in [0.2, 0.25) is 0 Å². The highest BCUT2D eigenvalue weighted by Gasteiger charge is 2.09. The molecule has 0 aromatic carbocycles. The highest BCUT2D eigenvalue weighted by Crippen LogP contribution is 2.19. The molecule has 0 aliphatic heterocycles. The fraction of sp³-hybridized carbons (Fsp3) is 0.308. The summed E-state index contributed by atoms with van der Waals surface area (Å²) in [6.45, 7) is 2.21. The summed E-state index contributed by atoms with van der Waals surface area (Å²) in [5, 5.41) is 4.51. The van der Waals surface area contributed by atoms with Crippen molar-refractivity contribution in [3.8, 4) is 5.88 Å². The summed E-state index contributed by atoms with van der Waals surface area (Å²) in [6.07, 6.45) is 1.80. The molecule has 0 atom stereocenters. The molecule has 2 heterocycles. The molecule has 0 bridgehead atoms. The van der Waals surface area contributed by atoms with E-state index in [1.165, 1.54) is 7.11 Å². The third-order valence-corrected chi connectivity index (χ3v) is 3.66. The lowest BCUT2D eigenvalue weighted by Gasteiger charge is -2.09. The van der Waals surface area contributed by atoms with Crippen molar-refractivity contribution in [2.75, 3.05) is 12.4 Å². The van der Waals surface area contributed by atoms with Gasteiger partial charge in [0.2, 0.25) is 11.8 Å². The Morgan fingerprint density at radius 1 is 1.55 bits per heavy atom. The van der Waals surface area contributed by atoms with Gasteiger partial charge in [0.25, 0.3) is 0 Å². The highest BCUT2D eigenvalue weighted by atomic mass is 32.1. The van der Waals surface area contributed by atoms with Crippen LogP contribution in [-0.4, -0.2) is 22.6 Å². The molecule has 0 aliphatic rings. The molecule has 2 aromatic rings. The average molecular weight is 293 g/mol. The monoisotopic (exact) mass is 293 g/mol. The lowest BCUT2D eigenvalue weighted by Crippen LogP contribution is -2.20. The van der Waals surface area contributed by atoms with E-state index in [1.54, 1.807) is 28.3 Å². The van der Waals surface area contributed by atoms with Crippen LogP contribution in [0.15, 0.2) is 28.5 Å². The van der Waals surface area contributed by atoms with Crippen molar-refractivity contribution in [3.63, 3.8) is 0 Å². The van der Waals surface area contributed by atoms with Gasteiger partial charge >= 0.3 is 4.87 Å². The van der Waals surface area contributed by atoms with Crippen LogP contribution in [0.25, 0.3) is 0 Å². The van der Waals surface area contributed by atoms with Crippen molar-refractivity contribution < 1.29 is 9.53 Å². The second kappa shape index (κ2) is 6.33. The van der Waals surface area contributed by atoms with Crippen LogP contribution in [0.1, 0.15) is 12.1 Å². The molecule has 6 nitrogen and oxygen atoms in total. The molecule has 2 aromatic heterocycles. The van der Waals surface area contributed by atoms with Gasteiger partial charge in [0.1, 0.15) is 5.69 Å². The van der Waals surface area contributed by atoms with Crippen LogP contribution in [0, 0.1) is 6.92 Å². The first-order valence-corrected chi connectivity index (χ1v) is 6.93. The number of pyridine rings is 1. The second-order valence-electron chi connectivity index (χ2n) is 4.15. The Morgan fingerprint density at radius 3 is 3.00 bits per heavy atom. The molecular weight excluding hydrogens is 278 g/mol. The van der Waals surface area contributed by atoms with Gasteiger partial charge in [-0.1, -0.05) is 11.3 Å². The molecule has 0 saturated heterocycles. The molecule has 0 saturated carbocycles. The van der Waals surface area contributed by atoms with Crippen LogP contribution in [0.3, 0.4) is 0 Å². The number of methoxy groups -OCH3 is 1. The van der Waals surface area contributed by atoms with Crippen molar-refractivity contribution in [1.82, 2.24) is 9.55 Å². The highest BCUT2D eigenvalue weighted by molar-refractivity contribution is 7.07. The number of hydrogen-bond donors (Lipinski definition) is 1. The fourth-order valence-corrected chi connectivity index (χ4v) is 2.51. The summed E-state index contributed by atoms with van der Waals surface area (Å²) in [5.74, 6) is 0.179. The Balaban J connectivity index is 1.98. The summed E-state index contributed by atoms with van der Waals surface area (Å²) in [4.78, 5) is 27.4. The lowest BCUT2D eigenvalue weighted by atomic mass is 10.3. The largest absolute Gasteiger partial charge is 0.480 e. The zero-order chi connectivity index (χ0) is 14.5. The number of carbonyl (C=O) groups excluding carboxylic acids is 1. The number of hydrogen-bond acceptors (Lipinski definition) is 5. The number of carbonyl (C=O) groups is 1. The van der Waals surface area contributed by atoms with Gasteiger partial charge in [-0.2, -0.15) is 0 Å². The van der Waals surface area contributed by atoms with Gasteiger partial charge in [-0.15, -0.1) is 0 Å². The van der Waals surface area contributed by atoms with Crippen molar-refractivity contribution in [2.45, 2.75) is 19.9 Å². The molecule has 7 heteroatoms. The SMILES string of the molecule is COc1ncccc1NC(=O)CCn1c(C)csc1=O. The number of amides is 1. The standard InChI is InChI=1S/C13H15N3O3S/c1-9-8-20-13(18)16(9)7-5-11(17)15-10-4-3-6-14-12(10)19-2/h3-4,6,8H,5,7H2,1-2H3,(H,15,17). The van der Waals surface area contributed by atoms with Gasteiger partial charge in [-0.25, -0.2) is 4.98 Å². The Bertz CT molecular complexity index is 663. The number of ether oxygens (including phenoxy) is 1. The first-order valence-electron chi connectivity index (χ1n) is 6.05. The van der Waals surface area contributed by atoms with E-state index in [0.29, 0.717) is 18.1 Å². The molecule has 0 unspecified atom stereocenters. The average Bonchev–Trinajstić information content (AvgIpc) is 2.76. The lowest BCUT2D eigenvalue weighted by molar-refractivity contribution is -0.116. The van der Waals surface area contributed by atoms with Gasteiger partial charge in [-0.3, -0.25) is 9.59 Å². The first-order chi connectivity index (χ1) is 9.61. The maximum Gasteiger partial charge on any atom is 0.307 e. The van der Waals surface area contributed by atoms with Crippen molar-refractivity contribution in [1.29, 1.82) is 0 Å². The van der Waals surface area contributed by atoms with E-state index in [4.69, 9.17) is 4.74 Å². The zero-order valence-corrected chi connectivity index (χ0v) is 12.1. The number of nitrogens with zero attached hydrogens (tertiary/aromatic N) is 2. The molecule has 0 fully saturated rings. The Labute approximate surface area is 120 Å². The van der Waals surface area contributed by atoms with Crippen LogP contribution >= 0.6 is 11.3 Å². The summed E-state index contributed by atoms with van der Waals surface area (Å²) in [7, 11) is 1.49. The molecule has 106 valence electrons. The molecular formula is C13H15N3O3S. The van der Waals surface area contributed by atoms with E-state index < -0.39 is 0 Å². The maximum atomic E-state index is 11.9. The topological polar surface area (TPSA) is 73.2 Å². The summed E-state index contributed by atoms with van der Waals surface area (Å²) >= 11 is 1.14. The van der Waals surface area contributed by atoms with E-state index >= 15 is 0 Å². The minimum Gasteiger partial charge on any atom is -0.480 e. The molecule has 0 aliphatic carbocycles. The second-order valence-corrected chi connectivity index (χ2v) is 4.97. The van der Waals surface area contributed by atoms with Gasteiger partial charge in [0.05, 0.1) is 7.11 Å². The van der Waals surface area contributed by atoms with E-state index in [0.717, 1.165) is 17.0 Å².